The molecule has 1 amide bonds. The number of rotatable bonds is 2. The summed E-state index contributed by atoms with van der Waals surface area (Å²) in [5.41, 5.74) is 3.64. The molecule has 3 nitrogen and oxygen atoms in total. The fraction of sp³-hybridized carbons (Fsp3) is 0.588. The van der Waals surface area contributed by atoms with E-state index < -0.39 is 0 Å². The van der Waals surface area contributed by atoms with Crippen molar-refractivity contribution in [2.24, 2.45) is 5.41 Å². The minimum atomic E-state index is 0.0843. The van der Waals surface area contributed by atoms with E-state index in [9.17, 15) is 4.79 Å². The molecule has 3 heteroatoms. The van der Waals surface area contributed by atoms with Crippen molar-refractivity contribution in [1.29, 1.82) is 0 Å². The van der Waals surface area contributed by atoms with Crippen molar-refractivity contribution in [2.45, 2.75) is 52.0 Å². The van der Waals surface area contributed by atoms with Gasteiger partial charge in [-0.1, -0.05) is 13.8 Å². The fourth-order valence-corrected chi connectivity index (χ4v) is 3.44. The lowest BCUT2D eigenvalue weighted by atomic mass is 9.92. The molecule has 1 aromatic rings. The summed E-state index contributed by atoms with van der Waals surface area (Å²) in [6.07, 6.45) is 5.61. The summed E-state index contributed by atoms with van der Waals surface area (Å²) in [7, 11) is 0. The Morgan fingerprint density at radius 2 is 2.25 bits per heavy atom. The first kappa shape index (κ1) is 13.5. The van der Waals surface area contributed by atoms with E-state index in [-0.39, 0.29) is 5.91 Å². The molecule has 1 atom stereocenters. The maximum absolute atomic E-state index is 12.4. The molecule has 20 heavy (non-hydrogen) atoms. The number of amides is 1. The number of hydrogen-bond donors (Lipinski definition) is 2. The third kappa shape index (κ3) is 2.82. The summed E-state index contributed by atoms with van der Waals surface area (Å²) in [4.78, 5) is 12.4. The van der Waals surface area contributed by atoms with Gasteiger partial charge in [-0.25, -0.2) is 0 Å². The number of carbonyl (C=O) groups is 1. The Hall–Kier alpha value is -1.51. The molecule has 1 heterocycles. The van der Waals surface area contributed by atoms with Crippen LogP contribution in [-0.4, -0.2) is 18.5 Å². The topological polar surface area (TPSA) is 41.1 Å². The standard InChI is InChI=1S/C17H24N2O/c1-17(2)8-7-14(11-17)19-16(20)13-5-6-15-12(10-13)4-3-9-18-15/h5-6,10,14,18H,3-4,7-9,11H2,1-2H3,(H,19,20). The van der Waals surface area contributed by atoms with Gasteiger partial charge in [-0.3, -0.25) is 4.79 Å². The molecular formula is C17H24N2O. The molecule has 0 spiro atoms. The van der Waals surface area contributed by atoms with E-state index in [0.717, 1.165) is 37.8 Å². The molecule has 1 aromatic carbocycles. The Morgan fingerprint density at radius 1 is 1.40 bits per heavy atom. The average molecular weight is 272 g/mol. The molecule has 0 radical (unpaired) electrons. The van der Waals surface area contributed by atoms with E-state index in [1.54, 1.807) is 0 Å². The van der Waals surface area contributed by atoms with Gasteiger partial charge < -0.3 is 10.6 Å². The van der Waals surface area contributed by atoms with Crippen LogP contribution in [0.4, 0.5) is 5.69 Å². The predicted molar refractivity (Wildman–Crippen MR) is 82.1 cm³/mol. The van der Waals surface area contributed by atoms with Crippen molar-refractivity contribution in [1.82, 2.24) is 5.32 Å². The third-order valence-electron chi connectivity index (χ3n) is 4.61. The van der Waals surface area contributed by atoms with E-state index >= 15 is 0 Å². The van der Waals surface area contributed by atoms with Gasteiger partial charge in [0.15, 0.2) is 0 Å². The number of carbonyl (C=O) groups excluding carboxylic acids is 1. The smallest absolute Gasteiger partial charge is 0.251 e. The van der Waals surface area contributed by atoms with Crippen molar-refractivity contribution in [3.8, 4) is 0 Å². The van der Waals surface area contributed by atoms with Crippen molar-refractivity contribution in [2.75, 3.05) is 11.9 Å². The van der Waals surface area contributed by atoms with Gasteiger partial charge in [0.05, 0.1) is 0 Å². The van der Waals surface area contributed by atoms with Gasteiger partial charge in [0.1, 0.15) is 0 Å². The van der Waals surface area contributed by atoms with Crippen LogP contribution < -0.4 is 10.6 Å². The second-order valence-corrected chi connectivity index (χ2v) is 6.98. The van der Waals surface area contributed by atoms with Crippen molar-refractivity contribution >= 4 is 11.6 Å². The molecule has 2 N–H and O–H groups in total. The second kappa shape index (κ2) is 5.12. The Kier molecular flexibility index (Phi) is 3.45. The first-order valence-corrected chi connectivity index (χ1v) is 7.71. The van der Waals surface area contributed by atoms with Gasteiger partial charge in [-0.05, 0) is 61.3 Å². The van der Waals surface area contributed by atoms with Crippen LogP contribution in [0.25, 0.3) is 0 Å². The number of fused-ring (bicyclic) bond motifs is 1. The van der Waals surface area contributed by atoms with Gasteiger partial charge in [0.25, 0.3) is 5.91 Å². The summed E-state index contributed by atoms with van der Waals surface area (Å²) in [6, 6.07) is 6.37. The lowest BCUT2D eigenvalue weighted by Crippen LogP contribution is -2.33. The molecule has 1 aliphatic heterocycles. The first-order chi connectivity index (χ1) is 9.53. The molecule has 0 aromatic heterocycles. The highest BCUT2D eigenvalue weighted by atomic mass is 16.1. The zero-order valence-corrected chi connectivity index (χ0v) is 12.5. The Labute approximate surface area is 121 Å². The molecule has 1 unspecified atom stereocenters. The van der Waals surface area contributed by atoms with Crippen LogP contribution in [0.1, 0.15) is 55.5 Å². The van der Waals surface area contributed by atoms with Crippen LogP contribution in [0.2, 0.25) is 0 Å². The zero-order chi connectivity index (χ0) is 14.2. The fourth-order valence-electron chi connectivity index (χ4n) is 3.44. The SMILES string of the molecule is CC1(C)CCC(NC(=O)c2ccc3c(c2)CCCN3)C1. The van der Waals surface area contributed by atoms with Crippen molar-refractivity contribution in [3.63, 3.8) is 0 Å². The Bertz CT molecular complexity index is 522. The van der Waals surface area contributed by atoms with Gasteiger partial charge in [0.2, 0.25) is 0 Å². The van der Waals surface area contributed by atoms with Crippen LogP contribution in [0.5, 0.6) is 0 Å². The summed E-state index contributed by atoms with van der Waals surface area (Å²) in [5, 5.41) is 6.58. The van der Waals surface area contributed by atoms with Crippen molar-refractivity contribution in [3.05, 3.63) is 29.3 Å². The predicted octanol–water partition coefficient (Wildman–Crippen LogP) is 3.35. The van der Waals surface area contributed by atoms with Gasteiger partial charge >= 0.3 is 0 Å². The van der Waals surface area contributed by atoms with Gasteiger partial charge in [0, 0.05) is 23.8 Å². The van der Waals surface area contributed by atoms with Gasteiger partial charge in [-0.15, -0.1) is 0 Å². The van der Waals surface area contributed by atoms with Crippen molar-refractivity contribution < 1.29 is 4.79 Å². The van der Waals surface area contributed by atoms with E-state index in [2.05, 4.69) is 30.5 Å². The molecule has 1 saturated carbocycles. The monoisotopic (exact) mass is 272 g/mol. The zero-order valence-electron chi connectivity index (χ0n) is 12.5. The molecular weight excluding hydrogens is 248 g/mol. The van der Waals surface area contributed by atoms with E-state index in [1.165, 1.54) is 17.7 Å². The Morgan fingerprint density at radius 3 is 3.00 bits per heavy atom. The maximum Gasteiger partial charge on any atom is 0.251 e. The molecule has 2 aliphatic rings. The lowest BCUT2D eigenvalue weighted by Gasteiger charge is -2.20. The second-order valence-electron chi connectivity index (χ2n) is 6.98. The summed E-state index contributed by atoms with van der Waals surface area (Å²) in [5.74, 6) is 0.0843. The van der Waals surface area contributed by atoms with Gasteiger partial charge in [-0.2, -0.15) is 0 Å². The molecule has 108 valence electrons. The highest BCUT2D eigenvalue weighted by Crippen LogP contribution is 2.37. The molecule has 3 rings (SSSR count). The average Bonchev–Trinajstić information content (AvgIpc) is 2.77. The normalized spacial score (nSPS) is 23.8. The lowest BCUT2D eigenvalue weighted by molar-refractivity contribution is 0.0936. The van der Waals surface area contributed by atoms with E-state index in [1.807, 2.05) is 12.1 Å². The van der Waals surface area contributed by atoms with E-state index in [0.29, 0.717) is 11.5 Å². The van der Waals surface area contributed by atoms with Crippen LogP contribution in [0.15, 0.2) is 18.2 Å². The highest BCUT2D eigenvalue weighted by Gasteiger charge is 2.31. The quantitative estimate of drug-likeness (QED) is 0.867. The minimum absolute atomic E-state index is 0.0843. The first-order valence-electron chi connectivity index (χ1n) is 7.71. The van der Waals surface area contributed by atoms with Crippen LogP contribution in [0, 0.1) is 5.41 Å². The molecule has 1 aliphatic carbocycles. The number of aryl methyl sites for hydroxylation is 1. The molecule has 0 saturated heterocycles. The Balaban J connectivity index is 1.68. The highest BCUT2D eigenvalue weighted by molar-refractivity contribution is 5.95. The van der Waals surface area contributed by atoms with Crippen LogP contribution >= 0.6 is 0 Å². The third-order valence-corrected chi connectivity index (χ3v) is 4.61. The minimum Gasteiger partial charge on any atom is -0.385 e. The van der Waals surface area contributed by atoms with E-state index in [4.69, 9.17) is 0 Å². The summed E-state index contributed by atoms with van der Waals surface area (Å²) >= 11 is 0. The number of nitrogens with one attached hydrogen (secondary N) is 2. The molecule has 0 bridgehead atoms. The number of anilines is 1. The maximum atomic E-state index is 12.4. The number of benzene rings is 1. The van der Waals surface area contributed by atoms with Crippen LogP contribution in [-0.2, 0) is 6.42 Å². The summed E-state index contributed by atoms with van der Waals surface area (Å²) < 4.78 is 0. The largest absolute Gasteiger partial charge is 0.385 e. The van der Waals surface area contributed by atoms with Crippen LogP contribution in [0.3, 0.4) is 0 Å². The molecule has 1 fully saturated rings. The summed E-state index contributed by atoms with van der Waals surface area (Å²) in [6.45, 7) is 5.60. The number of hydrogen-bond acceptors (Lipinski definition) is 2.